The van der Waals surface area contributed by atoms with Crippen molar-refractivity contribution in [3.8, 4) is 0 Å². The molecule has 0 aromatic heterocycles. The maximum absolute atomic E-state index is 2.65. The molecule has 1 aromatic rings. The first-order chi connectivity index (χ1) is 8.33. The van der Waals surface area contributed by atoms with Gasteiger partial charge in [0.05, 0.1) is 0 Å². The highest BCUT2D eigenvalue weighted by atomic mass is 15.2. The van der Waals surface area contributed by atoms with E-state index >= 15 is 0 Å². The van der Waals surface area contributed by atoms with E-state index in [1.165, 1.54) is 18.4 Å². The fourth-order valence-electron chi connectivity index (χ4n) is 2.40. The quantitative estimate of drug-likeness (QED) is 0.693. The molecule has 0 heterocycles. The van der Waals surface area contributed by atoms with Crippen molar-refractivity contribution in [3.05, 3.63) is 35.9 Å². The second-order valence-electron chi connectivity index (χ2n) is 6.40. The summed E-state index contributed by atoms with van der Waals surface area (Å²) < 4.78 is 0. The summed E-state index contributed by atoms with van der Waals surface area (Å²) in [5.41, 5.74) is 1.87. The Morgan fingerprint density at radius 1 is 0.833 bits per heavy atom. The zero-order valence-electron chi connectivity index (χ0n) is 13.0. The molecule has 0 aliphatic heterocycles. The molecule has 0 atom stereocenters. The minimum atomic E-state index is 0.231. The van der Waals surface area contributed by atoms with Crippen LogP contribution in [-0.4, -0.2) is 16.0 Å². The molecule has 102 valence electrons. The van der Waals surface area contributed by atoms with Crippen molar-refractivity contribution in [2.24, 2.45) is 0 Å². The van der Waals surface area contributed by atoms with Crippen molar-refractivity contribution in [1.82, 2.24) is 4.90 Å². The number of hydrogen-bond acceptors (Lipinski definition) is 1. The van der Waals surface area contributed by atoms with Crippen LogP contribution in [-0.2, 0) is 6.54 Å². The lowest BCUT2D eigenvalue weighted by atomic mass is 9.88. The number of rotatable bonds is 6. The van der Waals surface area contributed by atoms with Crippen molar-refractivity contribution in [3.63, 3.8) is 0 Å². The van der Waals surface area contributed by atoms with Gasteiger partial charge in [0.25, 0.3) is 0 Å². The number of nitrogens with zero attached hydrogens (tertiary/aromatic N) is 1. The highest BCUT2D eigenvalue weighted by Crippen LogP contribution is 2.31. The normalized spacial score (nSPS) is 13.1. The Kier molecular flexibility index (Phi) is 4.98. The molecule has 1 aromatic carbocycles. The van der Waals surface area contributed by atoms with Crippen LogP contribution in [0.2, 0.25) is 0 Å². The van der Waals surface area contributed by atoms with Gasteiger partial charge < -0.3 is 0 Å². The van der Waals surface area contributed by atoms with Crippen molar-refractivity contribution < 1.29 is 0 Å². The summed E-state index contributed by atoms with van der Waals surface area (Å²) in [6.07, 6.45) is 2.34. The van der Waals surface area contributed by atoms with E-state index in [4.69, 9.17) is 0 Å². The van der Waals surface area contributed by atoms with E-state index in [9.17, 15) is 0 Å². The molecule has 1 heteroatoms. The molecule has 0 aliphatic rings. The van der Waals surface area contributed by atoms with Crippen molar-refractivity contribution >= 4 is 0 Å². The van der Waals surface area contributed by atoms with E-state index in [-0.39, 0.29) is 11.1 Å². The molecule has 0 amide bonds. The fourth-order valence-corrected chi connectivity index (χ4v) is 2.40. The van der Waals surface area contributed by atoms with E-state index in [0.717, 1.165) is 6.54 Å². The van der Waals surface area contributed by atoms with Crippen molar-refractivity contribution in [2.45, 2.75) is 72.0 Å². The molecule has 0 bridgehead atoms. The molecular weight excluding hydrogens is 218 g/mol. The van der Waals surface area contributed by atoms with Gasteiger partial charge in [-0.2, -0.15) is 0 Å². The maximum atomic E-state index is 2.65. The Bertz CT molecular complexity index is 335. The van der Waals surface area contributed by atoms with E-state index in [1.807, 2.05) is 0 Å². The molecule has 0 unspecified atom stereocenters. The van der Waals surface area contributed by atoms with E-state index in [0.29, 0.717) is 0 Å². The van der Waals surface area contributed by atoms with Gasteiger partial charge in [-0.05, 0) is 46.1 Å². The minimum absolute atomic E-state index is 0.231. The van der Waals surface area contributed by atoms with E-state index in [1.54, 1.807) is 0 Å². The first kappa shape index (κ1) is 15.2. The van der Waals surface area contributed by atoms with Crippen LogP contribution in [0, 0.1) is 0 Å². The Balaban J connectivity index is 2.99. The molecule has 0 radical (unpaired) electrons. The van der Waals surface area contributed by atoms with Crippen LogP contribution in [0.5, 0.6) is 0 Å². The summed E-state index contributed by atoms with van der Waals surface area (Å²) in [5.74, 6) is 0. The molecule has 1 nitrogen and oxygen atoms in total. The average molecular weight is 247 g/mol. The van der Waals surface area contributed by atoms with Gasteiger partial charge >= 0.3 is 0 Å². The maximum Gasteiger partial charge on any atom is 0.0244 e. The van der Waals surface area contributed by atoms with Gasteiger partial charge in [-0.15, -0.1) is 0 Å². The predicted octanol–water partition coefficient (Wildman–Crippen LogP) is 4.87. The van der Waals surface area contributed by atoms with Gasteiger partial charge in [0, 0.05) is 17.6 Å². The zero-order chi connectivity index (χ0) is 13.8. The Hall–Kier alpha value is -0.820. The summed E-state index contributed by atoms with van der Waals surface area (Å²) in [7, 11) is 0. The highest BCUT2D eigenvalue weighted by Gasteiger charge is 2.35. The molecular formula is C17H29N. The summed E-state index contributed by atoms with van der Waals surface area (Å²) >= 11 is 0. The van der Waals surface area contributed by atoms with Crippen LogP contribution in [0.15, 0.2) is 30.3 Å². The first-order valence-electron chi connectivity index (χ1n) is 7.15. The second kappa shape index (κ2) is 5.88. The highest BCUT2D eigenvalue weighted by molar-refractivity contribution is 5.15. The molecule has 1 rings (SSSR count). The lowest BCUT2D eigenvalue weighted by Gasteiger charge is -2.48. The van der Waals surface area contributed by atoms with Gasteiger partial charge in [0.1, 0.15) is 0 Å². The Morgan fingerprint density at radius 3 is 1.67 bits per heavy atom. The standard InChI is InChI=1S/C17H29N/c1-7-16(3,4)18(17(5,6)8-2)14-15-12-10-9-11-13-15/h9-13H,7-8,14H2,1-6H3. The van der Waals surface area contributed by atoms with Crippen molar-refractivity contribution in [2.75, 3.05) is 0 Å². The third kappa shape index (κ3) is 3.58. The minimum Gasteiger partial charge on any atom is -0.289 e. The van der Waals surface area contributed by atoms with Gasteiger partial charge in [-0.25, -0.2) is 0 Å². The molecule has 0 saturated heterocycles. The topological polar surface area (TPSA) is 3.24 Å². The molecule has 0 spiro atoms. The van der Waals surface area contributed by atoms with Crippen LogP contribution < -0.4 is 0 Å². The molecule has 0 fully saturated rings. The van der Waals surface area contributed by atoms with Crippen LogP contribution in [0.4, 0.5) is 0 Å². The van der Waals surface area contributed by atoms with Gasteiger partial charge in [0.2, 0.25) is 0 Å². The molecule has 0 aliphatic carbocycles. The lowest BCUT2D eigenvalue weighted by Crippen LogP contribution is -2.54. The van der Waals surface area contributed by atoms with Crippen LogP contribution >= 0.6 is 0 Å². The monoisotopic (exact) mass is 247 g/mol. The third-order valence-corrected chi connectivity index (χ3v) is 4.38. The summed E-state index contributed by atoms with van der Waals surface area (Å²) in [6, 6.07) is 10.8. The summed E-state index contributed by atoms with van der Waals surface area (Å²) in [6.45, 7) is 15.0. The molecule has 18 heavy (non-hydrogen) atoms. The predicted molar refractivity (Wildman–Crippen MR) is 80.7 cm³/mol. The lowest BCUT2D eigenvalue weighted by molar-refractivity contribution is 0.00290. The molecule has 0 saturated carbocycles. The second-order valence-corrected chi connectivity index (χ2v) is 6.40. The Morgan fingerprint density at radius 2 is 1.28 bits per heavy atom. The van der Waals surface area contributed by atoms with Gasteiger partial charge in [-0.1, -0.05) is 44.2 Å². The third-order valence-electron chi connectivity index (χ3n) is 4.38. The summed E-state index contributed by atoms with van der Waals surface area (Å²) in [4.78, 5) is 2.65. The van der Waals surface area contributed by atoms with E-state index < -0.39 is 0 Å². The number of benzene rings is 1. The number of hydrogen-bond donors (Lipinski definition) is 0. The largest absolute Gasteiger partial charge is 0.289 e. The van der Waals surface area contributed by atoms with Crippen LogP contribution in [0.1, 0.15) is 59.9 Å². The van der Waals surface area contributed by atoms with Crippen LogP contribution in [0.3, 0.4) is 0 Å². The molecule has 0 N–H and O–H groups in total. The van der Waals surface area contributed by atoms with E-state index in [2.05, 4.69) is 76.8 Å². The van der Waals surface area contributed by atoms with Gasteiger partial charge in [0.15, 0.2) is 0 Å². The fraction of sp³-hybridized carbons (Fsp3) is 0.647. The van der Waals surface area contributed by atoms with Gasteiger partial charge in [-0.3, -0.25) is 4.90 Å². The van der Waals surface area contributed by atoms with Crippen molar-refractivity contribution in [1.29, 1.82) is 0 Å². The zero-order valence-corrected chi connectivity index (χ0v) is 13.0. The van der Waals surface area contributed by atoms with Crippen LogP contribution in [0.25, 0.3) is 0 Å². The SMILES string of the molecule is CCC(C)(C)N(Cc1ccccc1)C(C)(C)CC. The summed E-state index contributed by atoms with van der Waals surface area (Å²) in [5, 5.41) is 0. The first-order valence-corrected chi connectivity index (χ1v) is 7.15. The average Bonchev–Trinajstić information content (AvgIpc) is 2.37. The smallest absolute Gasteiger partial charge is 0.0244 e. The Labute approximate surface area is 113 Å².